The van der Waals surface area contributed by atoms with Crippen molar-refractivity contribution in [3.63, 3.8) is 0 Å². The number of hydrogen-bond donors (Lipinski definition) is 2. The zero-order chi connectivity index (χ0) is 17.4. The van der Waals surface area contributed by atoms with Gasteiger partial charge in [-0.1, -0.05) is 0 Å². The summed E-state index contributed by atoms with van der Waals surface area (Å²) in [7, 11) is 3.43. The number of carbonyl (C=O) groups excluding carboxylic acids is 3. The van der Waals surface area contributed by atoms with Crippen LogP contribution < -0.4 is 10.2 Å². The molecule has 126 valence electrons. The highest BCUT2D eigenvalue weighted by atomic mass is 16.3. The predicted molar refractivity (Wildman–Crippen MR) is 87.2 cm³/mol. The van der Waals surface area contributed by atoms with Crippen molar-refractivity contribution in [2.24, 2.45) is 0 Å². The Morgan fingerprint density at radius 1 is 1.21 bits per heavy atom. The van der Waals surface area contributed by atoms with E-state index in [4.69, 9.17) is 5.11 Å². The molecule has 8 nitrogen and oxygen atoms in total. The SMILES string of the molecule is CN1Cc2cc(NC3=CC(=O)N(CCO)C3=O)ccc2N(C)C1=O. The van der Waals surface area contributed by atoms with Crippen molar-refractivity contribution >= 4 is 29.2 Å². The molecular formula is C16H18N4O4. The fourth-order valence-corrected chi connectivity index (χ4v) is 2.86. The number of imide groups is 1. The first-order chi connectivity index (χ1) is 11.4. The van der Waals surface area contributed by atoms with Crippen LogP contribution in [0.1, 0.15) is 5.56 Å². The molecule has 0 saturated heterocycles. The first-order valence-corrected chi connectivity index (χ1v) is 7.49. The molecule has 0 unspecified atom stereocenters. The molecule has 4 amide bonds. The van der Waals surface area contributed by atoms with Gasteiger partial charge in [0.1, 0.15) is 5.70 Å². The Morgan fingerprint density at radius 3 is 2.67 bits per heavy atom. The molecule has 0 spiro atoms. The number of aliphatic hydroxyl groups excluding tert-OH is 1. The lowest BCUT2D eigenvalue weighted by molar-refractivity contribution is -0.137. The van der Waals surface area contributed by atoms with E-state index in [0.29, 0.717) is 12.2 Å². The van der Waals surface area contributed by atoms with Gasteiger partial charge in [0.25, 0.3) is 11.8 Å². The molecule has 0 aromatic heterocycles. The van der Waals surface area contributed by atoms with Gasteiger partial charge in [-0.15, -0.1) is 0 Å². The third-order valence-corrected chi connectivity index (χ3v) is 4.07. The van der Waals surface area contributed by atoms with Crippen molar-refractivity contribution in [1.82, 2.24) is 9.80 Å². The minimum atomic E-state index is -0.462. The summed E-state index contributed by atoms with van der Waals surface area (Å²) in [5.41, 5.74) is 2.58. The number of anilines is 2. The molecule has 24 heavy (non-hydrogen) atoms. The fraction of sp³-hybridized carbons (Fsp3) is 0.312. The van der Waals surface area contributed by atoms with Gasteiger partial charge in [0, 0.05) is 32.4 Å². The summed E-state index contributed by atoms with van der Waals surface area (Å²) < 4.78 is 0. The average Bonchev–Trinajstić information content (AvgIpc) is 2.80. The van der Waals surface area contributed by atoms with E-state index >= 15 is 0 Å². The van der Waals surface area contributed by atoms with Crippen LogP contribution in [0, 0.1) is 0 Å². The molecule has 0 atom stereocenters. The Balaban J connectivity index is 1.82. The number of benzene rings is 1. The maximum Gasteiger partial charge on any atom is 0.324 e. The topological polar surface area (TPSA) is 93.2 Å². The van der Waals surface area contributed by atoms with E-state index in [1.807, 2.05) is 6.07 Å². The van der Waals surface area contributed by atoms with Gasteiger partial charge in [0.2, 0.25) is 0 Å². The Kier molecular flexibility index (Phi) is 3.98. The van der Waals surface area contributed by atoms with Gasteiger partial charge in [-0.3, -0.25) is 19.4 Å². The molecular weight excluding hydrogens is 312 g/mol. The summed E-state index contributed by atoms with van der Waals surface area (Å²) in [4.78, 5) is 40.0. The molecule has 0 radical (unpaired) electrons. The van der Waals surface area contributed by atoms with E-state index in [9.17, 15) is 14.4 Å². The molecule has 2 aliphatic rings. The second kappa shape index (κ2) is 5.97. The first-order valence-electron chi connectivity index (χ1n) is 7.49. The van der Waals surface area contributed by atoms with Crippen LogP contribution >= 0.6 is 0 Å². The van der Waals surface area contributed by atoms with Crippen LogP contribution in [0.3, 0.4) is 0 Å². The van der Waals surface area contributed by atoms with Crippen LogP contribution in [0.25, 0.3) is 0 Å². The molecule has 2 heterocycles. The van der Waals surface area contributed by atoms with Crippen LogP contribution in [0.4, 0.5) is 16.2 Å². The van der Waals surface area contributed by atoms with Gasteiger partial charge >= 0.3 is 6.03 Å². The number of rotatable bonds is 4. The second-order valence-corrected chi connectivity index (χ2v) is 5.74. The smallest absolute Gasteiger partial charge is 0.324 e. The van der Waals surface area contributed by atoms with Gasteiger partial charge < -0.3 is 15.3 Å². The summed E-state index contributed by atoms with van der Waals surface area (Å²) in [6.45, 7) is 0.169. The molecule has 2 N–H and O–H groups in total. The summed E-state index contributed by atoms with van der Waals surface area (Å²) >= 11 is 0. The van der Waals surface area contributed by atoms with Gasteiger partial charge in [-0.2, -0.15) is 0 Å². The average molecular weight is 330 g/mol. The first kappa shape index (κ1) is 16.0. The molecule has 3 rings (SSSR count). The summed E-state index contributed by atoms with van der Waals surface area (Å²) in [6, 6.07) is 5.32. The molecule has 1 aromatic rings. The largest absolute Gasteiger partial charge is 0.395 e. The molecule has 0 saturated carbocycles. The van der Waals surface area contributed by atoms with E-state index in [0.717, 1.165) is 16.2 Å². The van der Waals surface area contributed by atoms with Gasteiger partial charge in [0.15, 0.2) is 0 Å². The molecule has 0 bridgehead atoms. The molecule has 0 aliphatic carbocycles. The highest BCUT2D eigenvalue weighted by Crippen LogP contribution is 2.30. The zero-order valence-electron chi connectivity index (χ0n) is 13.4. The predicted octanol–water partition coefficient (Wildman–Crippen LogP) is 0.345. The number of β-amino-alcohol motifs (C(OH)–C–C–N with tert-alkyl or cyclic N) is 1. The third kappa shape index (κ3) is 2.61. The lowest BCUT2D eigenvalue weighted by Crippen LogP contribution is -2.42. The number of hydrogen-bond acceptors (Lipinski definition) is 5. The summed E-state index contributed by atoms with van der Waals surface area (Å²) in [6.07, 6.45) is 1.22. The molecule has 0 fully saturated rings. The van der Waals surface area contributed by atoms with Crippen LogP contribution in [0.5, 0.6) is 0 Å². The normalized spacial score (nSPS) is 17.4. The van der Waals surface area contributed by atoms with Crippen LogP contribution in [-0.2, 0) is 16.1 Å². The lowest BCUT2D eigenvalue weighted by atomic mass is 10.1. The number of nitrogens with one attached hydrogen (secondary N) is 1. The maximum atomic E-state index is 12.1. The van der Waals surface area contributed by atoms with Crippen molar-refractivity contribution in [3.05, 3.63) is 35.5 Å². The number of carbonyl (C=O) groups is 3. The summed E-state index contributed by atoms with van der Waals surface area (Å²) in [5.74, 6) is -0.907. The minimum Gasteiger partial charge on any atom is -0.395 e. The maximum absolute atomic E-state index is 12.1. The highest BCUT2D eigenvalue weighted by molar-refractivity contribution is 6.17. The van der Waals surface area contributed by atoms with Crippen molar-refractivity contribution in [1.29, 1.82) is 0 Å². The van der Waals surface area contributed by atoms with Crippen molar-refractivity contribution in [2.75, 3.05) is 37.5 Å². The van der Waals surface area contributed by atoms with Crippen molar-refractivity contribution < 1.29 is 19.5 Å². The summed E-state index contributed by atoms with van der Waals surface area (Å²) in [5, 5.41) is 11.9. The van der Waals surface area contributed by atoms with E-state index in [-0.39, 0.29) is 24.9 Å². The minimum absolute atomic E-state index is 0.0266. The van der Waals surface area contributed by atoms with E-state index in [1.54, 1.807) is 36.0 Å². The Hall–Kier alpha value is -2.87. The quantitative estimate of drug-likeness (QED) is 0.777. The van der Waals surface area contributed by atoms with Crippen LogP contribution in [-0.4, -0.2) is 60.0 Å². The number of amides is 4. The lowest BCUT2D eigenvalue weighted by Gasteiger charge is -2.32. The van der Waals surface area contributed by atoms with Crippen molar-refractivity contribution in [3.8, 4) is 0 Å². The van der Waals surface area contributed by atoms with Gasteiger partial charge in [-0.05, 0) is 23.8 Å². The van der Waals surface area contributed by atoms with E-state index in [2.05, 4.69) is 5.32 Å². The van der Waals surface area contributed by atoms with Crippen molar-refractivity contribution in [2.45, 2.75) is 6.54 Å². The number of urea groups is 1. The fourth-order valence-electron chi connectivity index (χ4n) is 2.86. The number of aliphatic hydroxyl groups is 1. The monoisotopic (exact) mass is 330 g/mol. The van der Waals surface area contributed by atoms with Crippen LogP contribution in [0.15, 0.2) is 30.0 Å². The molecule has 1 aromatic carbocycles. The number of fused-ring (bicyclic) bond motifs is 1. The molecule has 8 heteroatoms. The zero-order valence-corrected chi connectivity index (χ0v) is 13.4. The standard InChI is InChI=1S/C16H18N4O4/c1-18-9-10-7-11(3-4-13(10)19(2)16(18)24)17-12-8-14(22)20(5-6-21)15(12)23/h3-4,7-8,17,21H,5-6,9H2,1-2H3. The van der Waals surface area contributed by atoms with Gasteiger partial charge in [-0.25, -0.2) is 4.79 Å². The number of nitrogens with zero attached hydrogens (tertiary/aromatic N) is 3. The third-order valence-electron chi connectivity index (χ3n) is 4.07. The van der Waals surface area contributed by atoms with Crippen LogP contribution in [0.2, 0.25) is 0 Å². The van der Waals surface area contributed by atoms with Gasteiger partial charge in [0.05, 0.1) is 18.8 Å². The Bertz CT molecular complexity index is 758. The van der Waals surface area contributed by atoms with E-state index < -0.39 is 11.8 Å². The van der Waals surface area contributed by atoms with E-state index in [1.165, 1.54) is 6.08 Å². The highest BCUT2D eigenvalue weighted by Gasteiger charge is 2.31. The molecule has 2 aliphatic heterocycles. The Labute approximate surface area is 138 Å². The Morgan fingerprint density at radius 2 is 1.96 bits per heavy atom. The second-order valence-electron chi connectivity index (χ2n) is 5.74.